The summed E-state index contributed by atoms with van der Waals surface area (Å²) in [6.45, 7) is 5.58. The molecule has 3 aliphatic rings. The van der Waals surface area contributed by atoms with Gasteiger partial charge in [-0.2, -0.15) is 0 Å². The molecule has 0 bridgehead atoms. The molecular formula is C15H22BNO4. The summed E-state index contributed by atoms with van der Waals surface area (Å²) >= 11 is 0. The molecule has 0 amide bonds. The molecule has 0 spiro atoms. The van der Waals surface area contributed by atoms with Crippen LogP contribution in [0.25, 0.3) is 0 Å². The lowest BCUT2D eigenvalue weighted by Gasteiger charge is -2.37. The maximum atomic E-state index is 6.12. The molecule has 21 heavy (non-hydrogen) atoms. The first-order valence-corrected chi connectivity index (χ1v) is 7.92. The Balaban J connectivity index is 1.39. The van der Waals surface area contributed by atoms with E-state index in [4.69, 9.17) is 18.7 Å². The van der Waals surface area contributed by atoms with E-state index < -0.39 is 6.89 Å². The van der Waals surface area contributed by atoms with Crippen molar-refractivity contribution in [2.75, 3.05) is 39.5 Å². The van der Waals surface area contributed by atoms with E-state index in [1.807, 2.05) is 12.1 Å². The minimum absolute atomic E-state index is 0.0523. The predicted molar refractivity (Wildman–Crippen MR) is 78.7 cm³/mol. The summed E-state index contributed by atoms with van der Waals surface area (Å²) in [5.41, 5.74) is 1.32. The van der Waals surface area contributed by atoms with Crippen LogP contribution in [-0.4, -0.2) is 56.8 Å². The molecule has 3 fully saturated rings. The molecule has 114 valence electrons. The fourth-order valence-electron chi connectivity index (χ4n) is 3.87. The van der Waals surface area contributed by atoms with Crippen molar-refractivity contribution in [1.29, 1.82) is 0 Å². The second-order valence-corrected chi connectivity index (χ2v) is 6.26. The summed E-state index contributed by atoms with van der Waals surface area (Å²) in [4.78, 5) is 0. The minimum atomic E-state index is -1.56. The largest absolute Gasteiger partial charge is 0.625 e. The van der Waals surface area contributed by atoms with Crippen LogP contribution in [0.1, 0.15) is 12.5 Å². The second-order valence-electron chi connectivity index (χ2n) is 6.26. The molecule has 0 aromatic heterocycles. The van der Waals surface area contributed by atoms with Crippen molar-refractivity contribution >= 4 is 6.89 Å². The zero-order valence-corrected chi connectivity index (χ0v) is 12.5. The van der Waals surface area contributed by atoms with Crippen molar-refractivity contribution in [3.8, 4) is 5.75 Å². The summed E-state index contributed by atoms with van der Waals surface area (Å²) in [6, 6.07) is 8.27. The molecule has 6 heteroatoms. The van der Waals surface area contributed by atoms with Crippen molar-refractivity contribution < 1.29 is 23.1 Å². The lowest BCUT2D eigenvalue weighted by atomic mass is 9.94. The fourth-order valence-corrected chi connectivity index (χ4v) is 3.87. The van der Waals surface area contributed by atoms with Crippen molar-refractivity contribution in [2.24, 2.45) is 0 Å². The molecule has 3 heterocycles. The third-order valence-corrected chi connectivity index (χ3v) is 5.10. The first-order chi connectivity index (χ1) is 10.3. The van der Waals surface area contributed by atoms with E-state index in [-0.39, 0.29) is 6.10 Å². The molecule has 1 atom stereocenters. The van der Waals surface area contributed by atoms with Gasteiger partial charge in [-0.15, -0.1) is 0 Å². The number of aryl methyl sites for hydroxylation is 1. The highest BCUT2D eigenvalue weighted by Gasteiger charge is 2.66. The third kappa shape index (κ3) is 2.09. The number of rotatable bonds is 4. The molecular weight excluding hydrogens is 269 g/mol. The Labute approximate surface area is 125 Å². The van der Waals surface area contributed by atoms with E-state index in [9.17, 15) is 0 Å². The van der Waals surface area contributed by atoms with Crippen LogP contribution >= 0.6 is 0 Å². The van der Waals surface area contributed by atoms with Gasteiger partial charge in [-0.1, -0.05) is 19.1 Å². The Kier molecular flexibility index (Phi) is 3.22. The summed E-state index contributed by atoms with van der Waals surface area (Å²) < 4.78 is 24.5. The molecule has 3 saturated heterocycles. The number of quaternary nitrogens is 1. The van der Waals surface area contributed by atoms with Gasteiger partial charge in [0.15, 0.2) is 0 Å². The SMILES string of the molecule is CCc1ccc(OC[C@H]2C[N+]34CCO[B-]3(OCC4)O2)cc1. The van der Waals surface area contributed by atoms with Crippen molar-refractivity contribution in [3.05, 3.63) is 29.8 Å². The van der Waals surface area contributed by atoms with E-state index in [0.29, 0.717) is 6.61 Å². The summed E-state index contributed by atoms with van der Waals surface area (Å²) in [7, 11) is 0. The maximum absolute atomic E-state index is 6.12. The van der Waals surface area contributed by atoms with Gasteiger partial charge in [-0.25, -0.2) is 0 Å². The van der Waals surface area contributed by atoms with E-state index >= 15 is 0 Å². The van der Waals surface area contributed by atoms with Gasteiger partial charge in [0.05, 0.1) is 32.8 Å². The second kappa shape index (κ2) is 4.99. The van der Waals surface area contributed by atoms with Gasteiger partial charge in [0.2, 0.25) is 0 Å². The molecule has 5 nitrogen and oxygen atoms in total. The van der Waals surface area contributed by atoms with Gasteiger partial charge in [0.25, 0.3) is 0 Å². The van der Waals surface area contributed by atoms with Gasteiger partial charge in [0, 0.05) is 0 Å². The van der Waals surface area contributed by atoms with Gasteiger partial charge in [0.1, 0.15) is 18.5 Å². The van der Waals surface area contributed by atoms with Gasteiger partial charge in [-0.05, 0) is 24.1 Å². The van der Waals surface area contributed by atoms with Crippen LogP contribution in [0.2, 0.25) is 0 Å². The van der Waals surface area contributed by atoms with E-state index in [1.165, 1.54) is 5.56 Å². The number of hydrogen-bond acceptors (Lipinski definition) is 4. The molecule has 1 aromatic carbocycles. The molecule has 4 rings (SSSR count). The highest BCUT2D eigenvalue weighted by molar-refractivity contribution is 6.54. The van der Waals surface area contributed by atoms with E-state index in [2.05, 4.69) is 19.1 Å². The average Bonchev–Trinajstić information content (AvgIpc) is 3.07. The monoisotopic (exact) mass is 291 g/mol. The molecule has 3 aliphatic heterocycles. The summed E-state index contributed by atoms with van der Waals surface area (Å²) in [5.74, 6) is 0.898. The van der Waals surface area contributed by atoms with Crippen LogP contribution in [-0.2, 0) is 20.4 Å². The zero-order valence-electron chi connectivity index (χ0n) is 12.5. The molecule has 0 unspecified atom stereocenters. The standard InChI is InChI=1S/C15H22BNO4/c1-2-13-3-5-14(6-4-13)18-12-15-11-17-7-9-19-16(17,21-15)20-10-8-17/h3-6,15H,2,7-12H2,1H3/t15-,16?,17?/m1/s1. The van der Waals surface area contributed by atoms with Crippen LogP contribution < -0.4 is 4.74 Å². The predicted octanol–water partition coefficient (Wildman–Crippen LogP) is 1.34. The van der Waals surface area contributed by atoms with Crippen LogP contribution in [0, 0.1) is 0 Å². The first kappa shape index (κ1) is 13.6. The van der Waals surface area contributed by atoms with Crippen LogP contribution in [0.4, 0.5) is 0 Å². The average molecular weight is 291 g/mol. The Morgan fingerprint density at radius 3 is 2.52 bits per heavy atom. The van der Waals surface area contributed by atoms with Crippen LogP contribution in [0.5, 0.6) is 5.75 Å². The highest BCUT2D eigenvalue weighted by atomic mass is 16.8. The fraction of sp³-hybridized carbons (Fsp3) is 0.600. The van der Waals surface area contributed by atoms with E-state index in [1.54, 1.807) is 0 Å². The third-order valence-electron chi connectivity index (χ3n) is 5.10. The molecule has 0 aliphatic carbocycles. The smallest absolute Gasteiger partial charge is 0.491 e. The summed E-state index contributed by atoms with van der Waals surface area (Å²) in [5, 5.41) is 0. The highest BCUT2D eigenvalue weighted by Crippen LogP contribution is 2.41. The maximum Gasteiger partial charge on any atom is 0.625 e. The topological polar surface area (TPSA) is 36.9 Å². The molecule has 0 N–H and O–H groups in total. The van der Waals surface area contributed by atoms with E-state index in [0.717, 1.165) is 49.4 Å². The lowest BCUT2D eigenvalue weighted by Crippen LogP contribution is -2.59. The Morgan fingerprint density at radius 1 is 1.19 bits per heavy atom. The van der Waals surface area contributed by atoms with Crippen LogP contribution in [0.3, 0.4) is 0 Å². The van der Waals surface area contributed by atoms with Gasteiger partial charge < -0.3 is 23.1 Å². The van der Waals surface area contributed by atoms with Crippen molar-refractivity contribution in [3.63, 3.8) is 0 Å². The van der Waals surface area contributed by atoms with Crippen molar-refractivity contribution in [1.82, 2.24) is 0 Å². The first-order valence-electron chi connectivity index (χ1n) is 7.92. The Hall–Kier alpha value is -1.08. The normalized spacial score (nSPS) is 37.5. The van der Waals surface area contributed by atoms with Gasteiger partial charge >= 0.3 is 6.89 Å². The minimum Gasteiger partial charge on any atom is -0.491 e. The van der Waals surface area contributed by atoms with Crippen molar-refractivity contribution in [2.45, 2.75) is 19.4 Å². The number of nitrogens with zero attached hydrogens (tertiary/aromatic N) is 1. The Bertz CT molecular complexity index is 491. The lowest BCUT2D eigenvalue weighted by molar-refractivity contribution is -0.816. The zero-order chi connectivity index (χ0) is 14.3. The number of hydrogen-bond donors (Lipinski definition) is 0. The molecule has 1 aromatic rings. The number of benzene rings is 1. The molecule has 0 radical (unpaired) electrons. The summed E-state index contributed by atoms with van der Waals surface area (Å²) in [6.07, 6.45) is 1.10. The van der Waals surface area contributed by atoms with Crippen LogP contribution in [0.15, 0.2) is 24.3 Å². The number of ether oxygens (including phenoxy) is 1. The van der Waals surface area contributed by atoms with Gasteiger partial charge in [-0.3, -0.25) is 0 Å². The Morgan fingerprint density at radius 2 is 1.90 bits per heavy atom. The molecule has 0 saturated carbocycles. The quantitative estimate of drug-likeness (QED) is 0.785.